The highest BCUT2D eigenvalue weighted by Crippen LogP contribution is 2.17. The van der Waals surface area contributed by atoms with Crippen LogP contribution in [0.25, 0.3) is 0 Å². The van der Waals surface area contributed by atoms with Gasteiger partial charge in [-0.3, -0.25) is 4.79 Å². The largest absolute Gasteiger partial charge is 0.348 e. The van der Waals surface area contributed by atoms with Crippen molar-refractivity contribution >= 4 is 29.0 Å². The fourth-order valence-corrected chi connectivity index (χ4v) is 2.10. The lowest BCUT2D eigenvalue weighted by molar-refractivity contribution is -0.119. The Labute approximate surface area is 86.7 Å². The van der Waals surface area contributed by atoms with Crippen LogP contribution in [0.4, 0.5) is 0 Å². The van der Waals surface area contributed by atoms with E-state index in [2.05, 4.69) is 5.32 Å². The first-order valence-electron chi connectivity index (χ1n) is 4.05. The molecule has 0 aliphatic heterocycles. The van der Waals surface area contributed by atoms with Gasteiger partial charge in [-0.2, -0.15) is 11.8 Å². The van der Waals surface area contributed by atoms with E-state index in [0.717, 1.165) is 0 Å². The molecule has 1 rings (SSSR count). The molecule has 0 aliphatic carbocycles. The van der Waals surface area contributed by atoms with Crippen molar-refractivity contribution in [3.63, 3.8) is 0 Å². The molecule has 1 aromatic rings. The van der Waals surface area contributed by atoms with E-state index in [0.29, 0.717) is 5.75 Å². The molecular weight excluding hydrogens is 202 g/mol. The topological polar surface area (TPSA) is 29.1 Å². The van der Waals surface area contributed by atoms with E-state index in [1.807, 2.05) is 30.7 Å². The molecule has 0 aliphatic rings. The van der Waals surface area contributed by atoms with Crippen molar-refractivity contribution in [3.05, 3.63) is 22.4 Å². The van der Waals surface area contributed by atoms with Gasteiger partial charge in [0.25, 0.3) is 0 Å². The minimum atomic E-state index is 0.105. The second kappa shape index (κ2) is 5.29. The van der Waals surface area contributed by atoms with Gasteiger partial charge in [0.15, 0.2) is 0 Å². The summed E-state index contributed by atoms with van der Waals surface area (Å²) in [6, 6.07) is 4.17. The lowest BCUT2D eigenvalue weighted by atomic mass is 10.3. The molecule has 0 saturated heterocycles. The second-order valence-corrected chi connectivity index (χ2v) is 4.58. The van der Waals surface area contributed by atoms with Crippen LogP contribution in [0.5, 0.6) is 0 Å². The van der Waals surface area contributed by atoms with Gasteiger partial charge in [-0.1, -0.05) is 6.07 Å². The number of amides is 1. The van der Waals surface area contributed by atoms with Gasteiger partial charge in [-0.25, -0.2) is 0 Å². The maximum absolute atomic E-state index is 11.2. The maximum atomic E-state index is 11.2. The monoisotopic (exact) mass is 215 g/mol. The molecule has 13 heavy (non-hydrogen) atoms. The van der Waals surface area contributed by atoms with Gasteiger partial charge < -0.3 is 5.32 Å². The van der Waals surface area contributed by atoms with Crippen molar-refractivity contribution in [3.8, 4) is 0 Å². The summed E-state index contributed by atoms with van der Waals surface area (Å²) in [4.78, 5) is 12.4. The number of nitrogens with one attached hydrogen (secondary N) is 1. The molecule has 1 heterocycles. The normalized spacial score (nSPS) is 12.5. The van der Waals surface area contributed by atoms with Gasteiger partial charge in [-0.15, -0.1) is 11.3 Å². The summed E-state index contributed by atoms with van der Waals surface area (Å²) in [6.45, 7) is 2.00. The zero-order valence-electron chi connectivity index (χ0n) is 7.74. The number of thiophene rings is 1. The fourth-order valence-electron chi connectivity index (χ4n) is 1.02. The van der Waals surface area contributed by atoms with Gasteiger partial charge in [0, 0.05) is 4.88 Å². The summed E-state index contributed by atoms with van der Waals surface area (Å²) in [5.74, 6) is 0.642. The minimum Gasteiger partial charge on any atom is -0.348 e. The quantitative estimate of drug-likeness (QED) is 0.835. The van der Waals surface area contributed by atoms with Gasteiger partial charge in [0.05, 0.1) is 11.8 Å². The Bertz CT molecular complexity index is 259. The van der Waals surface area contributed by atoms with Crippen LogP contribution in [0.2, 0.25) is 0 Å². The molecule has 1 atom stereocenters. The van der Waals surface area contributed by atoms with Crippen LogP contribution in [-0.2, 0) is 4.79 Å². The second-order valence-electron chi connectivity index (χ2n) is 2.74. The van der Waals surface area contributed by atoms with Crippen LogP contribution in [0.15, 0.2) is 17.5 Å². The zero-order valence-corrected chi connectivity index (χ0v) is 9.37. The van der Waals surface area contributed by atoms with E-state index in [9.17, 15) is 4.79 Å². The van der Waals surface area contributed by atoms with Gasteiger partial charge in [0.1, 0.15) is 0 Å². The third kappa shape index (κ3) is 3.40. The van der Waals surface area contributed by atoms with E-state index in [-0.39, 0.29) is 11.9 Å². The van der Waals surface area contributed by atoms with Crippen molar-refractivity contribution in [1.82, 2.24) is 5.32 Å². The first-order valence-corrected chi connectivity index (χ1v) is 6.33. The molecule has 1 aromatic heterocycles. The molecule has 72 valence electrons. The van der Waals surface area contributed by atoms with E-state index in [4.69, 9.17) is 0 Å². The van der Waals surface area contributed by atoms with E-state index in [1.165, 1.54) is 4.88 Å². The summed E-state index contributed by atoms with van der Waals surface area (Å²) in [5, 5.41) is 4.95. The minimum absolute atomic E-state index is 0.105. The van der Waals surface area contributed by atoms with Crippen LogP contribution in [0, 0.1) is 0 Å². The number of carbonyl (C=O) groups is 1. The van der Waals surface area contributed by atoms with Crippen LogP contribution in [0.1, 0.15) is 17.8 Å². The lowest BCUT2D eigenvalue weighted by Crippen LogP contribution is -2.27. The van der Waals surface area contributed by atoms with E-state index < -0.39 is 0 Å². The average molecular weight is 215 g/mol. The molecule has 0 spiro atoms. The van der Waals surface area contributed by atoms with Crippen LogP contribution in [-0.4, -0.2) is 17.9 Å². The number of carbonyl (C=O) groups excluding carboxylic acids is 1. The van der Waals surface area contributed by atoms with Crippen LogP contribution in [0.3, 0.4) is 0 Å². The standard InChI is InChI=1S/C9H13NOS2/c1-7(8-4-3-5-13-8)10-9(11)6-12-2/h3-5,7H,6H2,1-2H3,(H,10,11)/t7-/m0/s1. The third-order valence-electron chi connectivity index (χ3n) is 1.62. The number of thioether (sulfide) groups is 1. The van der Waals surface area contributed by atoms with Crippen molar-refractivity contribution in [2.45, 2.75) is 13.0 Å². The number of hydrogen-bond donors (Lipinski definition) is 1. The van der Waals surface area contributed by atoms with Gasteiger partial charge >= 0.3 is 0 Å². The summed E-state index contributed by atoms with van der Waals surface area (Å²) in [5.41, 5.74) is 0. The Morgan fingerprint density at radius 3 is 3.08 bits per heavy atom. The number of hydrogen-bond acceptors (Lipinski definition) is 3. The lowest BCUT2D eigenvalue weighted by Gasteiger charge is -2.11. The Hall–Kier alpha value is -0.480. The van der Waals surface area contributed by atoms with Gasteiger partial charge in [-0.05, 0) is 24.6 Å². The highest BCUT2D eigenvalue weighted by molar-refractivity contribution is 7.99. The number of rotatable bonds is 4. The van der Waals surface area contributed by atoms with Crippen molar-refractivity contribution in [1.29, 1.82) is 0 Å². The Morgan fingerprint density at radius 2 is 2.54 bits per heavy atom. The van der Waals surface area contributed by atoms with E-state index in [1.54, 1.807) is 23.1 Å². The predicted octanol–water partition coefficient (Wildman–Crippen LogP) is 2.29. The van der Waals surface area contributed by atoms with Gasteiger partial charge in [0.2, 0.25) is 5.91 Å². The Balaban J connectivity index is 2.42. The molecule has 0 radical (unpaired) electrons. The van der Waals surface area contributed by atoms with Crippen LogP contribution >= 0.6 is 23.1 Å². The highest BCUT2D eigenvalue weighted by Gasteiger charge is 2.08. The average Bonchev–Trinajstić information content (AvgIpc) is 2.55. The Kier molecular flexibility index (Phi) is 4.32. The van der Waals surface area contributed by atoms with Crippen LogP contribution < -0.4 is 5.32 Å². The first kappa shape index (κ1) is 10.6. The molecule has 2 nitrogen and oxygen atoms in total. The smallest absolute Gasteiger partial charge is 0.230 e. The summed E-state index contributed by atoms with van der Waals surface area (Å²) < 4.78 is 0. The van der Waals surface area contributed by atoms with Crippen molar-refractivity contribution in [2.75, 3.05) is 12.0 Å². The maximum Gasteiger partial charge on any atom is 0.230 e. The molecule has 4 heteroatoms. The molecule has 0 unspecified atom stereocenters. The molecule has 1 N–H and O–H groups in total. The predicted molar refractivity (Wildman–Crippen MR) is 59.3 cm³/mol. The zero-order chi connectivity index (χ0) is 9.68. The SMILES string of the molecule is CSCC(=O)N[C@@H](C)c1cccs1. The molecule has 0 bridgehead atoms. The molecule has 0 aromatic carbocycles. The summed E-state index contributed by atoms with van der Waals surface area (Å²) >= 11 is 3.21. The fraction of sp³-hybridized carbons (Fsp3) is 0.444. The van der Waals surface area contributed by atoms with Crippen molar-refractivity contribution < 1.29 is 4.79 Å². The highest BCUT2D eigenvalue weighted by atomic mass is 32.2. The molecule has 1 amide bonds. The van der Waals surface area contributed by atoms with E-state index >= 15 is 0 Å². The molecular formula is C9H13NOS2. The summed E-state index contributed by atoms with van der Waals surface area (Å²) in [6.07, 6.45) is 1.93. The molecule has 0 saturated carbocycles. The third-order valence-corrected chi connectivity index (χ3v) is 3.23. The first-order chi connectivity index (χ1) is 6.24. The Morgan fingerprint density at radius 1 is 1.77 bits per heavy atom. The summed E-state index contributed by atoms with van der Waals surface area (Å²) in [7, 11) is 0. The van der Waals surface area contributed by atoms with Crippen molar-refractivity contribution in [2.24, 2.45) is 0 Å². The molecule has 0 fully saturated rings.